The van der Waals surface area contributed by atoms with Crippen molar-refractivity contribution < 1.29 is 4.79 Å². The van der Waals surface area contributed by atoms with Crippen molar-refractivity contribution in [2.75, 3.05) is 7.05 Å². The average molecular weight is 444 g/mol. The van der Waals surface area contributed by atoms with Crippen LogP contribution in [0.2, 0.25) is 0 Å². The minimum Gasteiger partial charge on any atom is -0.337 e. The maximum absolute atomic E-state index is 12.5. The lowest BCUT2D eigenvalue weighted by molar-refractivity contribution is 0.0784. The third-order valence-electron chi connectivity index (χ3n) is 3.08. The van der Waals surface area contributed by atoms with E-state index in [4.69, 9.17) is 0 Å². The summed E-state index contributed by atoms with van der Waals surface area (Å²) in [7, 11) is 1.83. The molecule has 0 aliphatic heterocycles. The van der Waals surface area contributed by atoms with Gasteiger partial charge in [-0.3, -0.25) is 4.79 Å². The number of amides is 1. The van der Waals surface area contributed by atoms with Crippen molar-refractivity contribution >= 4 is 44.4 Å². The van der Waals surface area contributed by atoms with Crippen LogP contribution in [-0.2, 0) is 6.54 Å². The van der Waals surface area contributed by atoms with Gasteiger partial charge in [0.25, 0.3) is 5.91 Å². The second-order valence-corrected chi connectivity index (χ2v) is 6.72. The fourth-order valence-electron chi connectivity index (χ4n) is 2.00. The lowest BCUT2D eigenvalue weighted by Crippen LogP contribution is -2.27. The number of rotatable bonds is 3. The Morgan fingerprint density at radius 3 is 2.65 bits per heavy atom. The molecule has 4 heteroatoms. The first-order chi connectivity index (χ1) is 9.49. The first-order valence-corrected chi connectivity index (χ1v) is 8.11. The van der Waals surface area contributed by atoms with Crippen LogP contribution in [0.5, 0.6) is 0 Å². The van der Waals surface area contributed by atoms with Gasteiger partial charge in [-0.2, -0.15) is 0 Å². The molecule has 0 aromatic heterocycles. The van der Waals surface area contributed by atoms with Gasteiger partial charge in [-0.05, 0) is 58.8 Å². The molecule has 0 N–H and O–H groups in total. The highest BCUT2D eigenvalue weighted by atomic mass is 127. The van der Waals surface area contributed by atoms with Crippen molar-refractivity contribution in [3.63, 3.8) is 0 Å². The SMILES string of the molecule is Cc1cccc(C(=O)N(C)Cc2cccc(Br)c2)c1I. The zero-order valence-electron chi connectivity index (χ0n) is 11.4. The summed E-state index contributed by atoms with van der Waals surface area (Å²) in [5.41, 5.74) is 3.01. The van der Waals surface area contributed by atoms with E-state index in [0.29, 0.717) is 6.54 Å². The van der Waals surface area contributed by atoms with E-state index in [2.05, 4.69) is 38.5 Å². The van der Waals surface area contributed by atoms with Gasteiger partial charge in [-0.15, -0.1) is 0 Å². The number of hydrogen-bond acceptors (Lipinski definition) is 1. The molecule has 0 fully saturated rings. The molecule has 0 aliphatic rings. The van der Waals surface area contributed by atoms with Crippen LogP contribution in [0, 0.1) is 10.5 Å². The van der Waals surface area contributed by atoms with Crippen LogP contribution in [0.4, 0.5) is 0 Å². The first kappa shape index (κ1) is 15.5. The van der Waals surface area contributed by atoms with Gasteiger partial charge < -0.3 is 4.90 Å². The molecule has 2 aromatic carbocycles. The minimum atomic E-state index is 0.0538. The van der Waals surface area contributed by atoms with E-state index < -0.39 is 0 Å². The number of hydrogen-bond donors (Lipinski definition) is 0. The highest BCUT2D eigenvalue weighted by molar-refractivity contribution is 14.1. The molecule has 0 radical (unpaired) electrons. The first-order valence-electron chi connectivity index (χ1n) is 6.24. The van der Waals surface area contributed by atoms with E-state index in [1.165, 1.54) is 0 Å². The molecule has 0 heterocycles. The predicted octanol–water partition coefficient (Wildman–Crippen LogP) is 4.63. The maximum atomic E-state index is 12.5. The molecular formula is C16H15BrINO. The van der Waals surface area contributed by atoms with Gasteiger partial charge in [0.1, 0.15) is 0 Å². The second kappa shape index (κ2) is 6.72. The summed E-state index contributed by atoms with van der Waals surface area (Å²) in [5, 5.41) is 0. The summed E-state index contributed by atoms with van der Waals surface area (Å²) < 4.78 is 2.05. The topological polar surface area (TPSA) is 20.3 Å². The minimum absolute atomic E-state index is 0.0538. The van der Waals surface area contributed by atoms with Gasteiger partial charge >= 0.3 is 0 Å². The summed E-state index contributed by atoms with van der Waals surface area (Å²) in [6, 6.07) is 13.8. The van der Waals surface area contributed by atoms with Gasteiger partial charge in [0.15, 0.2) is 0 Å². The molecule has 1 amide bonds. The second-order valence-electron chi connectivity index (χ2n) is 4.73. The van der Waals surface area contributed by atoms with Crippen molar-refractivity contribution in [2.24, 2.45) is 0 Å². The zero-order chi connectivity index (χ0) is 14.7. The summed E-state index contributed by atoms with van der Waals surface area (Å²) in [5.74, 6) is 0.0538. The molecular weight excluding hydrogens is 429 g/mol. The smallest absolute Gasteiger partial charge is 0.254 e. The Kier molecular flexibility index (Phi) is 5.21. The van der Waals surface area contributed by atoms with Crippen molar-refractivity contribution in [1.82, 2.24) is 4.90 Å². The van der Waals surface area contributed by atoms with Gasteiger partial charge in [0.05, 0.1) is 5.56 Å². The van der Waals surface area contributed by atoms with Gasteiger partial charge in [-0.1, -0.05) is 40.2 Å². The number of carbonyl (C=O) groups excluding carboxylic acids is 1. The standard InChI is InChI=1S/C16H15BrINO/c1-11-5-3-8-14(15(11)18)16(20)19(2)10-12-6-4-7-13(17)9-12/h3-9H,10H2,1-2H3. The van der Waals surface area contributed by atoms with E-state index in [9.17, 15) is 4.79 Å². The normalized spacial score (nSPS) is 10.4. The Labute approximate surface area is 141 Å². The summed E-state index contributed by atoms with van der Waals surface area (Å²) in [6.45, 7) is 2.62. The molecule has 0 saturated heterocycles. The van der Waals surface area contributed by atoms with Crippen LogP contribution in [0.3, 0.4) is 0 Å². The van der Waals surface area contributed by atoms with Crippen molar-refractivity contribution in [2.45, 2.75) is 13.5 Å². The van der Waals surface area contributed by atoms with Crippen molar-refractivity contribution in [1.29, 1.82) is 0 Å². The van der Waals surface area contributed by atoms with Gasteiger partial charge in [-0.25, -0.2) is 0 Å². The fraction of sp³-hybridized carbons (Fsp3) is 0.188. The van der Waals surface area contributed by atoms with Gasteiger partial charge in [0, 0.05) is 21.6 Å². The van der Waals surface area contributed by atoms with Crippen molar-refractivity contribution in [3.05, 3.63) is 67.2 Å². The Balaban J connectivity index is 2.19. The molecule has 2 nitrogen and oxygen atoms in total. The molecule has 0 bridgehead atoms. The monoisotopic (exact) mass is 443 g/mol. The molecule has 0 spiro atoms. The Hall–Kier alpha value is -0.880. The Bertz CT molecular complexity index is 642. The Morgan fingerprint density at radius 2 is 1.95 bits per heavy atom. The summed E-state index contributed by atoms with van der Waals surface area (Å²) in [4.78, 5) is 14.3. The number of nitrogens with zero attached hydrogens (tertiary/aromatic N) is 1. The average Bonchev–Trinajstić information content (AvgIpc) is 2.41. The number of benzene rings is 2. The van der Waals surface area contributed by atoms with E-state index in [1.807, 2.05) is 56.4 Å². The third kappa shape index (κ3) is 3.61. The quantitative estimate of drug-likeness (QED) is 0.633. The number of carbonyl (C=O) groups is 1. The molecule has 2 aromatic rings. The third-order valence-corrected chi connectivity index (χ3v) is 5.00. The fourth-order valence-corrected chi connectivity index (χ4v) is 3.04. The van der Waals surface area contributed by atoms with Gasteiger partial charge in [0.2, 0.25) is 0 Å². The van der Waals surface area contributed by atoms with E-state index in [1.54, 1.807) is 4.90 Å². The van der Waals surface area contributed by atoms with E-state index in [0.717, 1.165) is 24.7 Å². The highest BCUT2D eigenvalue weighted by Crippen LogP contribution is 2.19. The highest BCUT2D eigenvalue weighted by Gasteiger charge is 2.15. The molecule has 20 heavy (non-hydrogen) atoms. The molecule has 0 saturated carbocycles. The molecule has 104 valence electrons. The van der Waals surface area contributed by atoms with Crippen LogP contribution < -0.4 is 0 Å². The molecule has 0 atom stereocenters. The Morgan fingerprint density at radius 1 is 1.25 bits per heavy atom. The van der Waals surface area contributed by atoms with Crippen LogP contribution in [0.25, 0.3) is 0 Å². The molecule has 0 unspecified atom stereocenters. The number of halogens is 2. The number of aryl methyl sites for hydroxylation is 1. The van der Waals surface area contributed by atoms with E-state index >= 15 is 0 Å². The van der Waals surface area contributed by atoms with E-state index in [-0.39, 0.29) is 5.91 Å². The summed E-state index contributed by atoms with van der Waals surface area (Å²) in [6.07, 6.45) is 0. The van der Waals surface area contributed by atoms with Crippen LogP contribution in [0.1, 0.15) is 21.5 Å². The molecule has 2 rings (SSSR count). The lowest BCUT2D eigenvalue weighted by atomic mass is 10.1. The van der Waals surface area contributed by atoms with Crippen LogP contribution in [-0.4, -0.2) is 17.9 Å². The maximum Gasteiger partial charge on any atom is 0.254 e. The van der Waals surface area contributed by atoms with Crippen LogP contribution in [0.15, 0.2) is 46.9 Å². The largest absolute Gasteiger partial charge is 0.337 e. The molecule has 0 aliphatic carbocycles. The summed E-state index contributed by atoms with van der Waals surface area (Å²) >= 11 is 5.69. The van der Waals surface area contributed by atoms with Crippen LogP contribution >= 0.6 is 38.5 Å². The van der Waals surface area contributed by atoms with Crippen molar-refractivity contribution in [3.8, 4) is 0 Å². The predicted molar refractivity (Wildman–Crippen MR) is 93.8 cm³/mol. The lowest BCUT2D eigenvalue weighted by Gasteiger charge is -2.19. The zero-order valence-corrected chi connectivity index (χ0v) is 15.1.